The summed E-state index contributed by atoms with van der Waals surface area (Å²) in [7, 11) is 1.74. The Hall–Kier alpha value is -2.54. The van der Waals surface area contributed by atoms with E-state index in [0.29, 0.717) is 0 Å². The van der Waals surface area contributed by atoms with Crippen LogP contribution in [-0.4, -0.2) is 7.11 Å². The highest BCUT2D eigenvalue weighted by Gasteiger charge is 2.15. The molecule has 0 unspecified atom stereocenters. The Balaban J connectivity index is 2.30. The quantitative estimate of drug-likeness (QED) is 0.605. The van der Waals surface area contributed by atoms with E-state index >= 15 is 0 Å². The smallest absolute Gasteiger partial charge is 0.123 e. The van der Waals surface area contributed by atoms with E-state index in [9.17, 15) is 0 Å². The van der Waals surface area contributed by atoms with Gasteiger partial charge in [-0.15, -0.1) is 0 Å². The van der Waals surface area contributed by atoms with Crippen LogP contribution >= 0.6 is 0 Å². The normalized spacial score (nSPS) is 10.5. The van der Waals surface area contributed by atoms with Crippen LogP contribution in [0, 0.1) is 13.8 Å². The zero-order chi connectivity index (χ0) is 15.5. The lowest BCUT2D eigenvalue weighted by Crippen LogP contribution is -1.96. The first kappa shape index (κ1) is 14.4. The summed E-state index contributed by atoms with van der Waals surface area (Å²) in [4.78, 5) is 0. The van der Waals surface area contributed by atoms with Crippen molar-refractivity contribution in [2.75, 3.05) is 7.11 Å². The van der Waals surface area contributed by atoms with Gasteiger partial charge in [0.15, 0.2) is 0 Å². The maximum atomic E-state index is 5.62. The van der Waals surface area contributed by atoms with E-state index < -0.39 is 0 Å². The molecule has 0 N–H and O–H groups in total. The highest BCUT2D eigenvalue weighted by Crippen LogP contribution is 2.39. The van der Waals surface area contributed by atoms with Gasteiger partial charge in [0.05, 0.1) is 7.11 Å². The predicted molar refractivity (Wildman–Crippen MR) is 93.3 cm³/mol. The van der Waals surface area contributed by atoms with E-state index in [1.165, 1.54) is 33.4 Å². The first-order valence-electron chi connectivity index (χ1n) is 7.51. The van der Waals surface area contributed by atoms with Crippen LogP contribution in [0.3, 0.4) is 0 Å². The van der Waals surface area contributed by atoms with Crippen LogP contribution in [0.4, 0.5) is 0 Å². The lowest BCUT2D eigenvalue weighted by Gasteiger charge is -2.18. The van der Waals surface area contributed by atoms with Gasteiger partial charge in [-0.2, -0.15) is 0 Å². The van der Waals surface area contributed by atoms with Gasteiger partial charge in [0.1, 0.15) is 5.75 Å². The molecule has 0 bridgehead atoms. The van der Waals surface area contributed by atoms with Crippen LogP contribution in [0.25, 0.3) is 22.3 Å². The molecule has 0 aromatic heterocycles. The van der Waals surface area contributed by atoms with Crippen molar-refractivity contribution in [1.82, 2.24) is 0 Å². The summed E-state index contributed by atoms with van der Waals surface area (Å²) in [6.07, 6.45) is 0. The van der Waals surface area contributed by atoms with Gasteiger partial charge >= 0.3 is 0 Å². The van der Waals surface area contributed by atoms with Crippen LogP contribution in [0.1, 0.15) is 11.1 Å². The molecule has 0 heterocycles. The molecule has 0 aliphatic carbocycles. The molecule has 3 aromatic carbocycles. The first-order valence-corrected chi connectivity index (χ1v) is 7.51. The Morgan fingerprint density at radius 3 is 1.77 bits per heavy atom. The number of methoxy groups -OCH3 is 1. The van der Waals surface area contributed by atoms with Crippen LogP contribution in [0.15, 0.2) is 66.7 Å². The molecule has 0 fully saturated rings. The molecule has 3 aromatic rings. The third kappa shape index (κ3) is 2.50. The fourth-order valence-corrected chi connectivity index (χ4v) is 3.05. The largest absolute Gasteiger partial charge is 0.496 e. The topological polar surface area (TPSA) is 9.23 Å². The molecule has 3 rings (SSSR count). The van der Waals surface area contributed by atoms with Crippen molar-refractivity contribution in [1.29, 1.82) is 0 Å². The Labute approximate surface area is 132 Å². The van der Waals surface area contributed by atoms with Gasteiger partial charge in [0, 0.05) is 0 Å². The number of benzene rings is 3. The van der Waals surface area contributed by atoms with Crippen LogP contribution in [0.2, 0.25) is 0 Å². The summed E-state index contributed by atoms with van der Waals surface area (Å²) in [5.41, 5.74) is 7.41. The second kappa shape index (κ2) is 6.07. The molecule has 0 saturated heterocycles. The number of hydrogen-bond donors (Lipinski definition) is 0. The Kier molecular flexibility index (Phi) is 3.97. The molecule has 1 nitrogen and oxygen atoms in total. The standard InChI is InChI=1S/C21H20O/c1-15-19(17-10-6-4-7-11-17)14-20(22-3)16(2)21(15)18-12-8-5-9-13-18/h4-14H,1-3H3. The fourth-order valence-electron chi connectivity index (χ4n) is 3.05. The average molecular weight is 288 g/mol. The summed E-state index contributed by atoms with van der Waals surface area (Å²) in [6, 6.07) is 23.1. The highest BCUT2D eigenvalue weighted by atomic mass is 16.5. The molecule has 110 valence electrons. The van der Waals surface area contributed by atoms with Gasteiger partial charge < -0.3 is 4.74 Å². The monoisotopic (exact) mass is 288 g/mol. The molecule has 0 atom stereocenters. The summed E-state index contributed by atoms with van der Waals surface area (Å²) in [6.45, 7) is 4.32. The van der Waals surface area contributed by atoms with Gasteiger partial charge in [0.25, 0.3) is 0 Å². The SMILES string of the molecule is COc1cc(-c2ccccc2)c(C)c(-c2ccccc2)c1C. The second-order valence-corrected chi connectivity index (χ2v) is 5.48. The Morgan fingerprint density at radius 1 is 0.682 bits per heavy atom. The van der Waals surface area contributed by atoms with Gasteiger partial charge in [0.2, 0.25) is 0 Å². The molecule has 0 amide bonds. The van der Waals surface area contributed by atoms with Crippen LogP contribution in [0.5, 0.6) is 5.75 Å². The molecule has 0 radical (unpaired) electrons. The molecule has 0 spiro atoms. The van der Waals surface area contributed by atoms with E-state index in [1.54, 1.807) is 7.11 Å². The lowest BCUT2D eigenvalue weighted by atomic mass is 9.89. The Morgan fingerprint density at radius 2 is 1.23 bits per heavy atom. The third-order valence-corrected chi connectivity index (χ3v) is 4.17. The molecule has 1 heteroatoms. The van der Waals surface area contributed by atoms with Gasteiger partial charge in [-0.25, -0.2) is 0 Å². The average Bonchev–Trinajstić information content (AvgIpc) is 2.57. The van der Waals surface area contributed by atoms with Crippen molar-refractivity contribution in [3.8, 4) is 28.0 Å². The van der Waals surface area contributed by atoms with E-state index in [-0.39, 0.29) is 0 Å². The van der Waals surface area contributed by atoms with E-state index in [0.717, 1.165) is 5.75 Å². The summed E-state index contributed by atoms with van der Waals surface area (Å²) in [5, 5.41) is 0. The predicted octanol–water partition coefficient (Wildman–Crippen LogP) is 5.65. The lowest BCUT2D eigenvalue weighted by molar-refractivity contribution is 0.412. The summed E-state index contributed by atoms with van der Waals surface area (Å²) in [5.74, 6) is 0.934. The van der Waals surface area contributed by atoms with Crippen molar-refractivity contribution >= 4 is 0 Å². The van der Waals surface area contributed by atoms with Crippen molar-refractivity contribution < 1.29 is 4.74 Å². The molecule has 0 aliphatic heterocycles. The number of hydrogen-bond acceptors (Lipinski definition) is 1. The zero-order valence-electron chi connectivity index (χ0n) is 13.3. The minimum atomic E-state index is 0.934. The third-order valence-electron chi connectivity index (χ3n) is 4.17. The molecular formula is C21H20O. The van der Waals surface area contributed by atoms with Crippen LogP contribution in [-0.2, 0) is 0 Å². The van der Waals surface area contributed by atoms with Crippen LogP contribution < -0.4 is 4.74 Å². The number of ether oxygens (including phenoxy) is 1. The summed E-state index contributed by atoms with van der Waals surface area (Å²) < 4.78 is 5.62. The van der Waals surface area contributed by atoms with E-state index in [1.807, 2.05) is 12.1 Å². The van der Waals surface area contributed by atoms with Crippen molar-refractivity contribution in [2.24, 2.45) is 0 Å². The minimum Gasteiger partial charge on any atom is -0.496 e. The molecular weight excluding hydrogens is 268 g/mol. The van der Waals surface area contributed by atoms with Crippen molar-refractivity contribution in [2.45, 2.75) is 13.8 Å². The number of rotatable bonds is 3. The zero-order valence-corrected chi connectivity index (χ0v) is 13.3. The maximum Gasteiger partial charge on any atom is 0.123 e. The minimum absolute atomic E-state index is 0.934. The first-order chi connectivity index (χ1) is 10.7. The molecule has 0 saturated carbocycles. The highest BCUT2D eigenvalue weighted by molar-refractivity contribution is 5.82. The van der Waals surface area contributed by atoms with Gasteiger partial charge in [-0.3, -0.25) is 0 Å². The van der Waals surface area contributed by atoms with Crippen molar-refractivity contribution in [3.63, 3.8) is 0 Å². The van der Waals surface area contributed by atoms with E-state index in [2.05, 4.69) is 68.4 Å². The molecule has 22 heavy (non-hydrogen) atoms. The van der Waals surface area contributed by atoms with Crippen molar-refractivity contribution in [3.05, 3.63) is 77.9 Å². The second-order valence-electron chi connectivity index (χ2n) is 5.48. The fraction of sp³-hybridized carbons (Fsp3) is 0.143. The van der Waals surface area contributed by atoms with E-state index in [4.69, 9.17) is 4.74 Å². The summed E-state index contributed by atoms with van der Waals surface area (Å²) >= 11 is 0. The van der Waals surface area contributed by atoms with Gasteiger partial charge in [-0.05, 0) is 53.3 Å². The molecule has 0 aliphatic rings. The Bertz CT molecular complexity index is 774. The van der Waals surface area contributed by atoms with Gasteiger partial charge in [-0.1, -0.05) is 60.7 Å². The maximum absolute atomic E-state index is 5.62.